The molecule has 0 saturated heterocycles. The van der Waals surface area contributed by atoms with Crippen LogP contribution in [-0.2, 0) is 14.3 Å². The predicted molar refractivity (Wildman–Crippen MR) is 125 cm³/mol. The second-order valence-electron chi connectivity index (χ2n) is 9.36. The first kappa shape index (κ1) is 26.4. The Bertz CT molecular complexity index is 804. The van der Waals surface area contributed by atoms with Crippen molar-refractivity contribution in [1.29, 1.82) is 0 Å². The van der Waals surface area contributed by atoms with Crippen molar-refractivity contribution >= 4 is 11.8 Å². The molecule has 11 heteroatoms. The Kier molecular flexibility index (Phi) is 10.2. The van der Waals surface area contributed by atoms with Crippen LogP contribution >= 0.6 is 0 Å². The molecule has 1 unspecified atom stereocenters. The molecule has 190 valence electrons. The third-order valence-electron chi connectivity index (χ3n) is 6.82. The summed E-state index contributed by atoms with van der Waals surface area (Å²) < 4.78 is 11.8. The topological polar surface area (TPSA) is 169 Å². The number of rotatable bonds is 12. The molecule has 1 heterocycles. The van der Waals surface area contributed by atoms with Crippen LogP contribution in [0.25, 0.3) is 10.4 Å². The van der Waals surface area contributed by atoms with Crippen LogP contribution in [0.15, 0.2) is 21.4 Å². The van der Waals surface area contributed by atoms with Gasteiger partial charge < -0.3 is 30.1 Å². The van der Waals surface area contributed by atoms with Crippen LogP contribution in [0.3, 0.4) is 0 Å². The van der Waals surface area contributed by atoms with Crippen molar-refractivity contribution in [1.82, 2.24) is 5.32 Å². The Balaban J connectivity index is 1.75. The maximum Gasteiger partial charge on any atom is 0.252 e. The van der Waals surface area contributed by atoms with Gasteiger partial charge in [-0.2, -0.15) is 0 Å². The largest absolute Gasteiger partial charge is 0.478 e. The van der Waals surface area contributed by atoms with E-state index in [0.29, 0.717) is 37.5 Å². The third-order valence-corrected chi connectivity index (χ3v) is 6.82. The zero-order valence-corrected chi connectivity index (χ0v) is 19.7. The number of azide groups is 1. The number of nitrogens with one attached hydrogen (secondary N) is 1. The lowest BCUT2D eigenvalue weighted by Crippen LogP contribution is -2.49. The molecule has 1 saturated carbocycles. The first-order valence-electron chi connectivity index (χ1n) is 12.3. The summed E-state index contributed by atoms with van der Waals surface area (Å²) in [6.07, 6.45) is 6.77. The fraction of sp³-hybridized carbons (Fsp3) is 0.826. The number of allylic oxidation sites excluding steroid dienone is 1. The summed E-state index contributed by atoms with van der Waals surface area (Å²) in [7, 11) is 0. The summed E-state index contributed by atoms with van der Waals surface area (Å²) in [5.74, 6) is 0.315. The lowest BCUT2D eigenvalue weighted by molar-refractivity contribution is -0.127. The molecule has 0 aromatic rings. The van der Waals surface area contributed by atoms with Crippen molar-refractivity contribution in [3.8, 4) is 0 Å². The smallest absolute Gasteiger partial charge is 0.252 e. The highest BCUT2D eigenvalue weighted by Crippen LogP contribution is 2.38. The molecule has 3 aliphatic rings. The second kappa shape index (κ2) is 13.1. The molecule has 0 aromatic carbocycles. The highest BCUT2D eigenvalue weighted by molar-refractivity contribution is 5.93. The molecule has 4 N–H and O–H groups in total. The number of amides is 1. The molecule has 11 nitrogen and oxygen atoms in total. The fourth-order valence-electron chi connectivity index (χ4n) is 4.87. The molecule has 1 fully saturated rings. The highest BCUT2D eigenvalue weighted by Gasteiger charge is 2.46. The van der Waals surface area contributed by atoms with Gasteiger partial charge in [-0.3, -0.25) is 4.79 Å². The number of carbonyl (C=O) groups is 1. The van der Waals surface area contributed by atoms with E-state index >= 15 is 0 Å². The van der Waals surface area contributed by atoms with E-state index in [-0.39, 0.29) is 37.7 Å². The van der Waals surface area contributed by atoms with Gasteiger partial charge in [-0.1, -0.05) is 10.7 Å². The molecular formula is C23H37N5O6. The average Bonchev–Trinajstić information content (AvgIpc) is 3.29. The number of carbonyl (C=O) groups excluding carboxylic acids is 1. The maximum atomic E-state index is 13.3. The Morgan fingerprint density at radius 2 is 2.06 bits per heavy atom. The molecule has 2 atom stereocenters. The van der Waals surface area contributed by atoms with Gasteiger partial charge in [0.1, 0.15) is 6.61 Å². The zero-order valence-electron chi connectivity index (χ0n) is 19.7. The number of ether oxygens (including phenoxy) is 2. The normalized spacial score (nSPS) is 28.0. The van der Waals surface area contributed by atoms with Crippen LogP contribution in [0.4, 0.5) is 0 Å². The SMILES string of the molecule is [N-]=[N+]=NC1=C(C[C@]2(C(=O)NCC(O)CO)COC(C3CCC(OCCCO)CC3)=N2)CCCC1. The van der Waals surface area contributed by atoms with Crippen LogP contribution < -0.4 is 5.32 Å². The number of aliphatic hydroxyl groups excluding tert-OH is 3. The van der Waals surface area contributed by atoms with Gasteiger partial charge in [0, 0.05) is 42.7 Å². The van der Waals surface area contributed by atoms with E-state index in [0.717, 1.165) is 50.5 Å². The molecule has 0 bridgehead atoms. The predicted octanol–water partition coefficient (Wildman–Crippen LogP) is 2.11. The van der Waals surface area contributed by atoms with Gasteiger partial charge in [-0.05, 0) is 63.3 Å². The number of hydrogen-bond donors (Lipinski definition) is 4. The molecule has 34 heavy (non-hydrogen) atoms. The molecule has 1 amide bonds. The van der Waals surface area contributed by atoms with Crippen molar-refractivity contribution in [3.05, 3.63) is 21.7 Å². The standard InChI is InChI=1S/C23H37N5O6/c24-28-27-20-5-2-1-4-17(20)12-23(22(32)25-13-18(31)14-30)15-34-21(26-23)16-6-8-19(9-7-16)33-11-3-10-29/h16,18-19,29-31H,1-15H2,(H,25,32)/t16?,18?,19?,23-/m1/s1. The van der Waals surface area contributed by atoms with Crippen molar-refractivity contribution < 1.29 is 29.6 Å². The minimum atomic E-state index is -1.19. The lowest BCUT2D eigenvalue weighted by Gasteiger charge is -2.28. The number of nitrogens with zero attached hydrogens (tertiary/aromatic N) is 4. The summed E-state index contributed by atoms with van der Waals surface area (Å²) in [6, 6.07) is 0. The zero-order chi connectivity index (χ0) is 24.4. The average molecular weight is 480 g/mol. The Hall–Kier alpha value is -2.17. The maximum absolute atomic E-state index is 13.3. The van der Waals surface area contributed by atoms with E-state index in [2.05, 4.69) is 15.3 Å². The quantitative estimate of drug-likeness (QED) is 0.145. The van der Waals surface area contributed by atoms with Gasteiger partial charge in [-0.25, -0.2) is 4.99 Å². The minimum Gasteiger partial charge on any atom is -0.478 e. The second-order valence-corrected chi connectivity index (χ2v) is 9.36. The van der Waals surface area contributed by atoms with E-state index in [4.69, 9.17) is 30.2 Å². The lowest BCUT2D eigenvalue weighted by atomic mass is 9.84. The van der Waals surface area contributed by atoms with Gasteiger partial charge in [0.2, 0.25) is 0 Å². The van der Waals surface area contributed by atoms with Crippen LogP contribution in [0, 0.1) is 5.92 Å². The Morgan fingerprint density at radius 3 is 2.76 bits per heavy atom. The monoisotopic (exact) mass is 479 g/mol. The summed E-state index contributed by atoms with van der Waals surface area (Å²) in [5.41, 5.74) is 9.38. The summed E-state index contributed by atoms with van der Waals surface area (Å²) in [5, 5.41) is 34.3. The minimum absolute atomic E-state index is 0.0829. The molecule has 3 rings (SSSR count). The van der Waals surface area contributed by atoms with Crippen molar-refractivity contribution in [2.75, 3.05) is 33.0 Å². The fourth-order valence-corrected chi connectivity index (χ4v) is 4.87. The van der Waals surface area contributed by atoms with Gasteiger partial charge in [0.25, 0.3) is 5.91 Å². The van der Waals surface area contributed by atoms with Crippen molar-refractivity contribution in [3.63, 3.8) is 0 Å². The summed E-state index contributed by atoms with van der Waals surface area (Å²) >= 11 is 0. The Labute approximate surface area is 199 Å². The Morgan fingerprint density at radius 1 is 1.29 bits per heavy atom. The number of hydrogen-bond acceptors (Lipinski definition) is 8. The number of aliphatic imine (C=N–C) groups is 1. The van der Waals surface area contributed by atoms with Gasteiger partial charge >= 0.3 is 0 Å². The molecule has 1 aliphatic heterocycles. The molecule has 0 radical (unpaired) electrons. The summed E-state index contributed by atoms with van der Waals surface area (Å²) in [4.78, 5) is 21.1. The third kappa shape index (κ3) is 6.93. The van der Waals surface area contributed by atoms with Crippen molar-refractivity contribution in [2.45, 2.75) is 82.0 Å². The molecule has 2 aliphatic carbocycles. The van der Waals surface area contributed by atoms with Crippen LogP contribution in [0.2, 0.25) is 0 Å². The van der Waals surface area contributed by atoms with E-state index in [1.165, 1.54) is 0 Å². The van der Waals surface area contributed by atoms with E-state index in [9.17, 15) is 9.90 Å². The first-order valence-corrected chi connectivity index (χ1v) is 12.3. The van der Waals surface area contributed by atoms with Gasteiger partial charge in [-0.15, -0.1) is 0 Å². The van der Waals surface area contributed by atoms with Gasteiger partial charge in [0.15, 0.2) is 11.4 Å². The van der Waals surface area contributed by atoms with Crippen LogP contribution in [0.1, 0.15) is 64.2 Å². The van der Waals surface area contributed by atoms with Gasteiger partial charge in [0.05, 0.1) is 18.8 Å². The highest BCUT2D eigenvalue weighted by atomic mass is 16.5. The number of aliphatic hydroxyl groups is 3. The molecule has 0 aromatic heterocycles. The first-order chi connectivity index (χ1) is 16.5. The summed E-state index contributed by atoms with van der Waals surface area (Å²) in [6.45, 7) is 0.226. The van der Waals surface area contributed by atoms with E-state index in [1.54, 1.807) is 0 Å². The molecular weight excluding hydrogens is 442 g/mol. The molecule has 0 spiro atoms. The van der Waals surface area contributed by atoms with E-state index in [1.807, 2.05) is 0 Å². The van der Waals surface area contributed by atoms with Crippen LogP contribution in [0.5, 0.6) is 0 Å². The van der Waals surface area contributed by atoms with Crippen LogP contribution in [-0.4, -0.2) is 77.8 Å². The van der Waals surface area contributed by atoms with Crippen molar-refractivity contribution in [2.24, 2.45) is 16.0 Å². The van der Waals surface area contributed by atoms with E-state index < -0.39 is 18.2 Å².